The Morgan fingerprint density at radius 3 is 2.21 bits per heavy atom. The third-order valence-corrected chi connectivity index (χ3v) is 3.55. The zero-order valence-corrected chi connectivity index (χ0v) is 12.5. The van der Waals surface area contributed by atoms with Gasteiger partial charge in [0.15, 0.2) is 11.5 Å². The first-order valence-electron chi connectivity index (χ1n) is 6.19. The van der Waals surface area contributed by atoms with Gasteiger partial charge >= 0.3 is 5.97 Å². The fourth-order valence-electron chi connectivity index (χ4n) is 2.44. The minimum atomic E-state index is -0.808. The number of benzene rings is 1. The smallest absolute Gasteiger partial charge is 0.304 e. The average molecular weight is 266 g/mol. The lowest BCUT2D eigenvalue weighted by molar-refractivity contribution is -0.138. The van der Waals surface area contributed by atoms with Gasteiger partial charge in [-0.2, -0.15) is 0 Å². The van der Waals surface area contributed by atoms with Crippen LogP contribution in [-0.4, -0.2) is 25.3 Å². The summed E-state index contributed by atoms with van der Waals surface area (Å²) in [6.07, 6.45) is 0.0722. The van der Waals surface area contributed by atoms with Crippen LogP contribution in [0.25, 0.3) is 0 Å². The molecule has 0 saturated carbocycles. The Morgan fingerprint density at radius 1 is 1.21 bits per heavy atom. The van der Waals surface area contributed by atoms with Crippen LogP contribution < -0.4 is 9.47 Å². The normalized spacial score (nSPS) is 11.3. The van der Waals surface area contributed by atoms with Crippen LogP contribution in [0.15, 0.2) is 6.07 Å². The predicted molar refractivity (Wildman–Crippen MR) is 74.3 cm³/mol. The number of rotatable bonds is 5. The molecule has 0 spiro atoms. The first kappa shape index (κ1) is 15.3. The van der Waals surface area contributed by atoms with Crippen molar-refractivity contribution in [1.82, 2.24) is 0 Å². The maximum Gasteiger partial charge on any atom is 0.304 e. The van der Waals surface area contributed by atoms with E-state index in [1.54, 1.807) is 14.2 Å². The van der Waals surface area contributed by atoms with E-state index in [-0.39, 0.29) is 6.42 Å². The fraction of sp³-hybridized carbons (Fsp3) is 0.533. The predicted octanol–water partition coefficient (Wildman–Crippen LogP) is 3.07. The van der Waals surface area contributed by atoms with Crippen LogP contribution in [0.1, 0.15) is 37.0 Å². The standard InChI is InChI=1S/C15H22O4/c1-9-10(2)14(19-6)12(18-5)7-11(9)15(3,4)8-13(16)17/h7H,8H2,1-6H3,(H,16,17). The van der Waals surface area contributed by atoms with Crippen molar-refractivity contribution in [2.24, 2.45) is 0 Å². The minimum absolute atomic E-state index is 0.0722. The van der Waals surface area contributed by atoms with E-state index in [1.807, 2.05) is 33.8 Å². The number of carbonyl (C=O) groups is 1. The molecule has 1 rings (SSSR count). The van der Waals surface area contributed by atoms with E-state index in [1.165, 1.54) is 0 Å². The molecule has 0 heterocycles. The van der Waals surface area contributed by atoms with Gasteiger partial charge in [-0.05, 0) is 36.6 Å². The summed E-state index contributed by atoms with van der Waals surface area (Å²) in [4.78, 5) is 11.0. The molecule has 0 aliphatic carbocycles. The van der Waals surface area contributed by atoms with Gasteiger partial charge in [-0.1, -0.05) is 13.8 Å². The Hall–Kier alpha value is -1.71. The number of carboxylic acids is 1. The molecule has 0 bridgehead atoms. The second kappa shape index (κ2) is 5.51. The fourth-order valence-corrected chi connectivity index (χ4v) is 2.44. The average Bonchev–Trinajstić information content (AvgIpc) is 2.30. The molecule has 0 aliphatic rings. The summed E-state index contributed by atoms with van der Waals surface area (Å²) in [5.41, 5.74) is 2.55. The van der Waals surface area contributed by atoms with Crippen molar-refractivity contribution in [2.45, 2.75) is 39.5 Å². The molecule has 0 aromatic heterocycles. The summed E-state index contributed by atoms with van der Waals surface area (Å²) in [6, 6.07) is 1.88. The Kier molecular flexibility index (Phi) is 4.45. The van der Waals surface area contributed by atoms with Crippen molar-refractivity contribution in [3.63, 3.8) is 0 Å². The van der Waals surface area contributed by atoms with E-state index in [4.69, 9.17) is 14.6 Å². The van der Waals surface area contributed by atoms with E-state index in [2.05, 4.69) is 0 Å². The van der Waals surface area contributed by atoms with Crippen molar-refractivity contribution in [3.05, 3.63) is 22.8 Å². The van der Waals surface area contributed by atoms with Gasteiger partial charge in [-0.25, -0.2) is 0 Å². The molecule has 4 nitrogen and oxygen atoms in total. The van der Waals surface area contributed by atoms with Crippen LogP contribution in [0.4, 0.5) is 0 Å². The molecule has 0 amide bonds. The van der Waals surface area contributed by atoms with Gasteiger partial charge < -0.3 is 14.6 Å². The maximum atomic E-state index is 11.0. The summed E-state index contributed by atoms with van der Waals surface area (Å²) in [7, 11) is 3.19. The lowest BCUT2D eigenvalue weighted by Crippen LogP contribution is -2.23. The lowest BCUT2D eigenvalue weighted by Gasteiger charge is -2.28. The van der Waals surface area contributed by atoms with Gasteiger partial charge in [0, 0.05) is 5.41 Å². The number of carboxylic acid groups (broad SMARTS) is 1. The van der Waals surface area contributed by atoms with Crippen molar-refractivity contribution in [3.8, 4) is 11.5 Å². The van der Waals surface area contributed by atoms with Gasteiger partial charge in [0.25, 0.3) is 0 Å². The summed E-state index contributed by atoms with van der Waals surface area (Å²) in [5.74, 6) is 0.533. The minimum Gasteiger partial charge on any atom is -0.493 e. The number of ether oxygens (including phenoxy) is 2. The van der Waals surface area contributed by atoms with Gasteiger partial charge in [0.1, 0.15) is 0 Å². The van der Waals surface area contributed by atoms with E-state index in [0.717, 1.165) is 16.7 Å². The molecule has 19 heavy (non-hydrogen) atoms. The highest BCUT2D eigenvalue weighted by Gasteiger charge is 2.28. The molecule has 0 radical (unpaired) electrons. The first-order chi connectivity index (χ1) is 8.74. The molecule has 1 aromatic carbocycles. The Balaban J connectivity index is 3.45. The van der Waals surface area contributed by atoms with Gasteiger partial charge in [0.05, 0.1) is 20.6 Å². The highest BCUT2D eigenvalue weighted by molar-refractivity contribution is 5.69. The molecule has 1 aromatic rings. The second-order valence-electron chi connectivity index (χ2n) is 5.36. The summed E-state index contributed by atoms with van der Waals surface area (Å²) in [6.45, 7) is 7.79. The van der Waals surface area contributed by atoms with E-state index in [9.17, 15) is 4.79 Å². The highest BCUT2D eigenvalue weighted by atomic mass is 16.5. The highest BCUT2D eigenvalue weighted by Crippen LogP contribution is 2.40. The zero-order valence-electron chi connectivity index (χ0n) is 12.5. The van der Waals surface area contributed by atoms with Crippen LogP contribution in [-0.2, 0) is 10.2 Å². The Labute approximate surface area is 114 Å². The van der Waals surface area contributed by atoms with Crippen LogP contribution in [0.2, 0.25) is 0 Å². The van der Waals surface area contributed by atoms with E-state index < -0.39 is 11.4 Å². The van der Waals surface area contributed by atoms with Crippen LogP contribution in [0, 0.1) is 13.8 Å². The van der Waals surface area contributed by atoms with E-state index >= 15 is 0 Å². The topological polar surface area (TPSA) is 55.8 Å². The van der Waals surface area contributed by atoms with Gasteiger partial charge in [-0.15, -0.1) is 0 Å². The Bertz CT molecular complexity index is 489. The molecule has 0 atom stereocenters. The molecule has 1 N–H and O–H groups in total. The van der Waals surface area contributed by atoms with Gasteiger partial charge in [-0.3, -0.25) is 4.79 Å². The quantitative estimate of drug-likeness (QED) is 0.889. The summed E-state index contributed by atoms with van der Waals surface area (Å²) >= 11 is 0. The monoisotopic (exact) mass is 266 g/mol. The molecular formula is C15H22O4. The van der Waals surface area contributed by atoms with Crippen LogP contribution >= 0.6 is 0 Å². The van der Waals surface area contributed by atoms with E-state index in [0.29, 0.717) is 11.5 Å². The SMILES string of the molecule is COc1cc(C(C)(C)CC(=O)O)c(C)c(C)c1OC. The molecule has 106 valence electrons. The molecule has 0 saturated heterocycles. The molecular weight excluding hydrogens is 244 g/mol. The van der Waals surface area contributed by atoms with Crippen molar-refractivity contribution >= 4 is 5.97 Å². The Morgan fingerprint density at radius 2 is 1.79 bits per heavy atom. The van der Waals surface area contributed by atoms with Crippen molar-refractivity contribution in [2.75, 3.05) is 14.2 Å². The third kappa shape index (κ3) is 3.00. The van der Waals surface area contributed by atoms with Crippen molar-refractivity contribution in [1.29, 1.82) is 0 Å². The number of aliphatic carboxylic acids is 1. The number of hydrogen-bond donors (Lipinski definition) is 1. The first-order valence-corrected chi connectivity index (χ1v) is 6.19. The molecule has 0 fully saturated rings. The summed E-state index contributed by atoms with van der Waals surface area (Å²) < 4.78 is 10.7. The second-order valence-corrected chi connectivity index (χ2v) is 5.36. The largest absolute Gasteiger partial charge is 0.493 e. The molecule has 0 unspecified atom stereocenters. The number of hydrogen-bond acceptors (Lipinski definition) is 3. The zero-order chi connectivity index (χ0) is 14.8. The van der Waals surface area contributed by atoms with Crippen LogP contribution in [0.5, 0.6) is 11.5 Å². The summed E-state index contributed by atoms with van der Waals surface area (Å²) in [5, 5.41) is 9.04. The van der Waals surface area contributed by atoms with Gasteiger partial charge in [0.2, 0.25) is 0 Å². The van der Waals surface area contributed by atoms with Crippen molar-refractivity contribution < 1.29 is 19.4 Å². The molecule has 0 aliphatic heterocycles. The third-order valence-electron chi connectivity index (χ3n) is 3.55. The van der Waals surface area contributed by atoms with Crippen LogP contribution in [0.3, 0.4) is 0 Å². The lowest BCUT2D eigenvalue weighted by atomic mass is 9.78. The molecule has 4 heteroatoms. The maximum absolute atomic E-state index is 11.0. The number of methoxy groups -OCH3 is 2.